The molecule has 24 heavy (non-hydrogen) atoms. The van der Waals surface area contributed by atoms with E-state index in [-0.39, 0.29) is 6.54 Å². The normalized spacial score (nSPS) is 10.2. The average molecular weight is 337 g/mol. The Morgan fingerprint density at radius 3 is 2.00 bits per heavy atom. The molecular weight excluding hydrogens is 320 g/mol. The van der Waals surface area contributed by atoms with Crippen LogP contribution in [0.15, 0.2) is 30.3 Å². The molecule has 0 aromatic heterocycles. The van der Waals surface area contributed by atoms with Gasteiger partial charge in [-0.2, -0.15) is 0 Å². The third-order valence-corrected chi connectivity index (χ3v) is 3.37. The van der Waals surface area contributed by atoms with Gasteiger partial charge in [0.1, 0.15) is 17.2 Å². The second-order valence-corrected chi connectivity index (χ2v) is 4.81. The maximum absolute atomic E-state index is 13.6. The molecule has 128 valence electrons. The summed E-state index contributed by atoms with van der Waals surface area (Å²) in [6.07, 6.45) is 0. The van der Waals surface area contributed by atoms with E-state index in [1.165, 1.54) is 27.4 Å². The van der Waals surface area contributed by atoms with E-state index in [2.05, 4.69) is 5.32 Å². The molecule has 0 radical (unpaired) electrons. The summed E-state index contributed by atoms with van der Waals surface area (Å²) in [5, 5.41) is 2.47. The molecular formula is C17H17F2NO4. The monoisotopic (exact) mass is 337 g/mol. The van der Waals surface area contributed by atoms with Crippen molar-refractivity contribution in [2.45, 2.75) is 6.54 Å². The van der Waals surface area contributed by atoms with Crippen molar-refractivity contribution in [3.05, 3.63) is 53.1 Å². The van der Waals surface area contributed by atoms with E-state index in [0.717, 1.165) is 12.1 Å². The van der Waals surface area contributed by atoms with E-state index < -0.39 is 23.1 Å². The Morgan fingerprint density at radius 1 is 1.00 bits per heavy atom. The number of halogens is 2. The fourth-order valence-corrected chi connectivity index (χ4v) is 2.22. The predicted octanol–water partition coefficient (Wildman–Crippen LogP) is 2.92. The summed E-state index contributed by atoms with van der Waals surface area (Å²) in [6, 6.07) is 6.52. The van der Waals surface area contributed by atoms with Crippen LogP contribution in [0.1, 0.15) is 15.9 Å². The van der Waals surface area contributed by atoms with Crippen molar-refractivity contribution in [3.63, 3.8) is 0 Å². The molecule has 1 amide bonds. The minimum Gasteiger partial charge on any atom is -0.493 e. The number of carbonyl (C=O) groups is 1. The van der Waals surface area contributed by atoms with Gasteiger partial charge in [0.05, 0.1) is 21.3 Å². The number of carbonyl (C=O) groups excluding carboxylic acids is 1. The van der Waals surface area contributed by atoms with Crippen molar-refractivity contribution in [2.24, 2.45) is 0 Å². The summed E-state index contributed by atoms with van der Waals surface area (Å²) in [6.45, 7) is 0.0311. The van der Waals surface area contributed by atoms with Crippen LogP contribution in [-0.4, -0.2) is 27.2 Å². The molecule has 0 spiro atoms. The van der Waals surface area contributed by atoms with Gasteiger partial charge in [0.15, 0.2) is 11.5 Å². The van der Waals surface area contributed by atoms with Crippen LogP contribution < -0.4 is 19.5 Å². The van der Waals surface area contributed by atoms with Crippen molar-refractivity contribution in [1.29, 1.82) is 0 Å². The summed E-state index contributed by atoms with van der Waals surface area (Å²) in [4.78, 5) is 12.0. The van der Waals surface area contributed by atoms with E-state index >= 15 is 0 Å². The van der Waals surface area contributed by atoms with E-state index in [0.29, 0.717) is 22.8 Å². The Labute approximate surface area is 138 Å². The Hall–Kier alpha value is -2.83. The summed E-state index contributed by atoms with van der Waals surface area (Å²) >= 11 is 0. The summed E-state index contributed by atoms with van der Waals surface area (Å²) in [7, 11) is 4.41. The van der Waals surface area contributed by atoms with Crippen LogP contribution >= 0.6 is 0 Å². The number of amides is 1. The molecule has 0 bridgehead atoms. The molecule has 7 heteroatoms. The topological polar surface area (TPSA) is 56.8 Å². The highest BCUT2D eigenvalue weighted by Gasteiger charge is 2.18. The SMILES string of the molecule is COc1cc(CNC(=O)c2c(F)cccc2F)cc(OC)c1OC. The van der Waals surface area contributed by atoms with Gasteiger partial charge in [-0.1, -0.05) is 6.07 Å². The molecule has 2 aromatic carbocycles. The first-order valence-corrected chi connectivity index (χ1v) is 7.03. The maximum atomic E-state index is 13.6. The van der Waals surface area contributed by atoms with Gasteiger partial charge in [0.25, 0.3) is 5.91 Å². The van der Waals surface area contributed by atoms with Crippen LogP contribution in [0.2, 0.25) is 0 Å². The second-order valence-electron chi connectivity index (χ2n) is 4.81. The third-order valence-electron chi connectivity index (χ3n) is 3.37. The average Bonchev–Trinajstić information content (AvgIpc) is 2.58. The van der Waals surface area contributed by atoms with Gasteiger partial charge in [-0.05, 0) is 29.8 Å². The van der Waals surface area contributed by atoms with Crippen LogP contribution in [-0.2, 0) is 6.54 Å². The highest BCUT2D eigenvalue weighted by atomic mass is 19.1. The fourth-order valence-electron chi connectivity index (χ4n) is 2.22. The van der Waals surface area contributed by atoms with Crippen LogP contribution in [0.4, 0.5) is 8.78 Å². The summed E-state index contributed by atoms with van der Waals surface area (Å²) in [5.74, 6) is -1.44. The van der Waals surface area contributed by atoms with Crippen LogP contribution in [0.3, 0.4) is 0 Å². The quantitative estimate of drug-likeness (QED) is 0.881. The maximum Gasteiger partial charge on any atom is 0.257 e. The Balaban J connectivity index is 2.21. The van der Waals surface area contributed by atoms with Crippen LogP contribution in [0, 0.1) is 11.6 Å². The molecule has 1 N–H and O–H groups in total. The molecule has 0 heterocycles. The van der Waals surface area contributed by atoms with E-state index in [1.807, 2.05) is 0 Å². The van der Waals surface area contributed by atoms with E-state index in [4.69, 9.17) is 14.2 Å². The highest BCUT2D eigenvalue weighted by Crippen LogP contribution is 2.38. The molecule has 0 aliphatic carbocycles. The van der Waals surface area contributed by atoms with Gasteiger partial charge in [0, 0.05) is 6.54 Å². The van der Waals surface area contributed by atoms with Crippen LogP contribution in [0.25, 0.3) is 0 Å². The highest BCUT2D eigenvalue weighted by molar-refractivity contribution is 5.94. The lowest BCUT2D eigenvalue weighted by Gasteiger charge is -2.14. The van der Waals surface area contributed by atoms with Gasteiger partial charge < -0.3 is 19.5 Å². The number of benzene rings is 2. The zero-order valence-electron chi connectivity index (χ0n) is 13.5. The molecule has 0 aliphatic heterocycles. The van der Waals surface area contributed by atoms with Crippen molar-refractivity contribution in [2.75, 3.05) is 21.3 Å². The number of ether oxygens (including phenoxy) is 3. The lowest BCUT2D eigenvalue weighted by Crippen LogP contribution is -2.25. The van der Waals surface area contributed by atoms with E-state index in [1.54, 1.807) is 12.1 Å². The van der Waals surface area contributed by atoms with Crippen molar-refractivity contribution in [3.8, 4) is 17.2 Å². The van der Waals surface area contributed by atoms with Gasteiger partial charge >= 0.3 is 0 Å². The molecule has 0 atom stereocenters. The standard InChI is InChI=1S/C17H17F2NO4/c1-22-13-7-10(8-14(23-2)16(13)24-3)9-20-17(21)15-11(18)5-4-6-12(15)19/h4-8H,9H2,1-3H3,(H,20,21). The Kier molecular flexibility index (Phi) is 5.57. The number of nitrogens with one attached hydrogen (secondary N) is 1. The van der Waals surface area contributed by atoms with Gasteiger partial charge in [-0.25, -0.2) is 8.78 Å². The second kappa shape index (κ2) is 7.63. The van der Waals surface area contributed by atoms with Crippen LogP contribution in [0.5, 0.6) is 17.2 Å². The zero-order chi connectivity index (χ0) is 17.7. The molecule has 0 aliphatic rings. The largest absolute Gasteiger partial charge is 0.493 e. The number of hydrogen-bond donors (Lipinski definition) is 1. The van der Waals surface area contributed by atoms with Crippen molar-refractivity contribution >= 4 is 5.91 Å². The van der Waals surface area contributed by atoms with Gasteiger partial charge in [0.2, 0.25) is 5.75 Å². The van der Waals surface area contributed by atoms with Gasteiger partial charge in [-0.3, -0.25) is 4.79 Å². The molecule has 2 aromatic rings. The van der Waals surface area contributed by atoms with Crippen molar-refractivity contribution in [1.82, 2.24) is 5.32 Å². The van der Waals surface area contributed by atoms with Gasteiger partial charge in [-0.15, -0.1) is 0 Å². The lowest BCUT2D eigenvalue weighted by atomic mass is 10.1. The number of rotatable bonds is 6. The minimum absolute atomic E-state index is 0.0311. The molecule has 0 fully saturated rings. The Bertz CT molecular complexity index is 704. The minimum atomic E-state index is -0.919. The zero-order valence-corrected chi connectivity index (χ0v) is 13.5. The molecule has 2 rings (SSSR count). The molecule has 0 saturated carbocycles. The first-order valence-electron chi connectivity index (χ1n) is 7.03. The third kappa shape index (κ3) is 3.56. The number of methoxy groups -OCH3 is 3. The lowest BCUT2D eigenvalue weighted by molar-refractivity contribution is 0.0942. The first-order chi connectivity index (χ1) is 11.5. The summed E-state index contributed by atoms with van der Waals surface area (Å²) < 4.78 is 42.8. The molecule has 5 nitrogen and oxygen atoms in total. The smallest absolute Gasteiger partial charge is 0.257 e. The first kappa shape index (κ1) is 17.5. The summed E-state index contributed by atoms with van der Waals surface area (Å²) in [5.41, 5.74) is -0.000427. The number of hydrogen-bond acceptors (Lipinski definition) is 4. The predicted molar refractivity (Wildman–Crippen MR) is 83.6 cm³/mol. The molecule has 0 saturated heterocycles. The Morgan fingerprint density at radius 2 is 1.54 bits per heavy atom. The van der Waals surface area contributed by atoms with Crippen molar-refractivity contribution < 1.29 is 27.8 Å². The fraction of sp³-hybridized carbons (Fsp3) is 0.235. The molecule has 0 unspecified atom stereocenters. The van der Waals surface area contributed by atoms with E-state index in [9.17, 15) is 13.6 Å².